The lowest BCUT2D eigenvalue weighted by Crippen LogP contribution is -2.40. The number of ether oxygens (including phenoxy) is 1. The van der Waals surface area contributed by atoms with Gasteiger partial charge >= 0.3 is 5.97 Å². The molecule has 4 heteroatoms. The van der Waals surface area contributed by atoms with Crippen molar-refractivity contribution in [3.63, 3.8) is 0 Å². The van der Waals surface area contributed by atoms with Crippen molar-refractivity contribution >= 4 is 17.7 Å². The number of carbonyl (C=O) groups is 1. The van der Waals surface area contributed by atoms with Crippen LogP contribution < -0.4 is 5.32 Å². The molecule has 0 aliphatic carbocycles. The van der Waals surface area contributed by atoms with Gasteiger partial charge in [0, 0.05) is 5.75 Å². The van der Waals surface area contributed by atoms with Crippen molar-refractivity contribution in [3.05, 3.63) is 0 Å². The second kappa shape index (κ2) is 9.97. The number of thioether (sulfide) groups is 1. The Morgan fingerprint density at radius 1 is 1.31 bits per heavy atom. The van der Waals surface area contributed by atoms with E-state index in [1.807, 2.05) is 18.7 Å². The lowest BCUT2D eigenvalue weighted by atomic mass is 10.3. The van der Waals surface area contributed by atoms with Crippen molar-refractivity contribution in [2.45, 2.75) is 40.2 Å². The van der Waals surface area contributed by atoms with Crippen molar-refractivity contribution in [2.24, 2.45) is 5.92 Å². The Kier molecular flexibility index (Phi) is 9.83. The number of rotatable bonds is 9. The van der Waals surface area contributed by atoms with E-state index in [9.17, 15) is 4.79 Å². The minimum atomic E-state index is -0.149. The fourth-order valence-electron chi connectivity index (χ4n) is 1.19. The fourth-order valence-corrected chi connectivity index (χ4v) is 2.29. The zero-order valence-corrected chi connectivity index (χ0v) is 11.7. The maximum absolute atomic E-state index is 11.6. The average molecular weight is 247 g/mol. The molecule has 3 nitrogen and oxygen atoms in total. The highest BCUT2D eigenvalue weighted by atomic mass is 32.2. The van der Waals surface area contributed by atoms with Gasteiger partial charge in [-0.15, -0.1) is 0 Å². The van der Waals surface area contributed by atoms with Crippen LogP contribution in [0.4, 0.5) is 0 Å². The third kappa shape index (κ3) is 7.99. The molecule has 0 radical (unpaired) electrons. The van der Waals surface area contributed by atoms with Gasteiger partial charge in [-0.1, -0.05) is 20.8 Å². The van der Waals surface area contributed by atoms with E-state index >= 15 is 0 Å². The Morgan fingerprint density at radius 2 is 2.00 bits per heavy atom. The first-order valence-corrected chi connectivity index (χ1v) is 7.25. The van der Waals surface area contributed by atoms with Gasteiger partial charge in [0.1, 0.15) is 6.04 Å². The highest BCUT2D eigenvalue weighted by Gasteiger charge is 2.18. The normalized spacial score (nSPS) is 12.8. The van der Waals surface area contributed by atoms with Crippen LogP contribution in [0, 0.1) is 5.92 Å². The molecule has 0 aromatic rings. The minimum absolute atomic E-state index is 0.118. The molecular weight excluding hydrogens is 222 g/mol. The molecule has 0 fully saturated rings. The van der Waals surface area contributed by atoms with Gasteiger partial charge in [-0.25, -0.2) is 0 Å². The number of nitrogens with one attached hydrogen (secondary N) is 1. The van der Waals surface area contributed by atoms with Crippen LogP contribution in [0.1, 0.15) is 34.1 Å². The summed E-state index contributed by atoms with van der Waals surface area (Å²) in [6.45, 7) is 9.63. The van der Waals surface area contributed by atoms with E-state index in [1.165, 1.54) is 0 Å². The maximum Gasteiger partial charge on any atom is 0.323 e. The molecule has 1 N–H and O–H groups in total. The Bertz CT molecular complexity index is 186. The molecule has 0 amide bonds. The van der Waals surface area contributed by atoms with Crippen molar-refractivity contribution in [2.75, 3.05) is 24.7 Å². The fraction of sp³-hybridized carbons (Fsp3) is 0.917. The smallest absolute Gasteiger partial charge is 0.323 e. The second-order valence-corrected chi connectivity index (χ2v) is 5.26. The van der Waals surface area contributed by atoms with E-state index in [0.717, 1.165) is 24.5 Å². The van der Waals surface area contributed by atoms with Gasteiger partial charge in [-0.2, -0.15) is 11.8 Å². The van der Waals surface area contributed by atoms with E-state index in [4.69, 9.17) is 4.74 Å². The van der Waals surface area contributed by atoms with E-state index in [0.29, 0.717) is 12.5 Å². The Balaban J connectivity index is 3.94. The second-order valence-electron chi connectivity index (χ2n) is 4.19. The maximum atomic E-state index is 11.6. The molecule has 96 valence electrons. The number of hydrogen-bond donors (Lipinski definition) is 1. The summed E-state index contributed by atoms with van der Waals surface area (Å²) >= 11 is 1.81. The molecular formula is C12H25NO2S. The molecule has 0 saturated heterocycles. The van der Waals surface area contributed by atoms with Gasteiger partial charge in [-0.05, 0) is 31.6 Å². The third-order valence-electron chi connectivity index (χ3n) is 1.95. The van der Waals surface area contributed by atoms with Gasteiger partial charge in [0.2, 0.25) is 0 Å². The standard InChI is InChI=1S/C12H25NO2S/c1-5-7-13-11(12(14)15-6-2)9-16-8-10(3)4/h10-11,13H,5-9H2,1-4H3. The monoisotopic (exact) mass is 247 g/mol. The first-order valence-electron chi connectivity index (χ1n) is 6.09. The van der Waals surface area contributed by atoms with Crippen molar-refractivity contribution in [1.82, 2.24) is 5.32 Å². The van der Waals surface area contributed by atoms with Crippen molar-refractivity contribution in [1.29, 1.82) is 0 Å². The lowest BCUT2D eigenvalue weighted by molar-refractivity contribution is -0.144. The lowest BCUT2D eigenvalue weighted by Gasteiger charge is -2.17. The summed E-state index contributed by atoms with van der Waals surface area (Å²) in [7, 11) is 0. The molecule has 0 aliphatic rings. The first kappa shape index (κ1) is 15.8. The van der Waals surface area contributed by atoms with Crippen LogP contribution in [0.3, 0.4) is 0 Å². The van der Waals surface area contributed by atoms with Crippen LogP contribution in [0.15, 0.2) is 0 Å². The van der Waals surface area contributed by atoms with E-state index in [1.54, 1.807) is 0 Å². The Labute approximate surface area is 104 Å². The summed E-state index contributed by atoms with van der Waals surface area (Å²) in [4.78, 5) is 11.6. The van der Waals surface area contributed by atoms with Crippen LogP contribution in [-0.2, 0) is 9.53 Å². The predicted molar refractivity (Wildman–Crippen MR) is 70.9 cm³/mol. The molecule has 0 aromatic carbocycles. The molecule has 0 saturated carbocycles. The largest absolute Gasteiger partial charge is 0.465 e. The molecule has 1 unspecified atom stereocenters. The molecule has 0 rings (SSSR count). The van der Waals surface area contributed by atoms with Gasteiger partial charge in [0.05, 0.1) is 6.61 Å². The molecule has 1 atom stereocenters. The van der Waals surface area contributed by atoms with Crippen LogP contribution in [-0.4, -0.2) is 36.7 Å². The molecule has 0 heterocycles. The zero-order valence-electron chi connectivity index (χ0n) is 10.9. The van der Waals surface area contributed by atoms with Crippen molar-refractivity contribution < 1.29 is 9.53 Å². The number of esters is 1. The summed E-state index contributed by atoms with van der Waals surface area (Å²) in [5, 5.41) is 3.23. The molecule has 0 aromatic heterocycles. The average Bonchev–Trinajstić information content (AvgIpc) is 2.22. The van der Waals surface area contributed by atoms with Gasteiger partial charge in [-0.3, -0.25) is 4.79 Å². The van der Waals surface area contributed by atoms with Gasteiger partial charge in [0.25, 0.3) is 0 Å². The topological polar surface area (TPSA) is 38.3 Å². The van der Waals surface area contributed by atoms with E-state index in [2.05, 4.69) is 26.1 Å². The van der Waals surface area contributed by atoms with Crippen LogP contribution >= 0.6 is 11.8 Å². The Morgan fingerprint density at radius 3 is 2.50 bits per heavy atom. The SMILES string of the molecule is CCCNC(CSCC(C)C)C(=O)OCC. The van der Waals surface area contributed by atoms with E-state index < -0.39 is 0 Å². The van der Waals surface area contributed by atoms with Crippen LogP contribution in [0.2, 0.25) is 0 Å². The zero-order chi connectivity index (χ0) is 12.4. The highest BCUT2D eigenvalue weighted by Crippen LogP contribution is 2.09. The van der Waals surface area contributed by atoms with Crippen molar-refractivity contribution in [3.8, 4) is 0 Å². The first-order chi connectivity index (χ1) is 7.61. The molecule has 0 spiro atoms. The third-order valence-corrected chi connectivity index (χ3v) is 3.42. The summed E-state index contributed by atoms with van der Waals surface area (Å²) in [5.41, 5.74) is 0. The Hall–Kier alpha value is -0.220. The molecule has 0 bridgehead atoms. The summed E-state index contributed by atoms with van der Waals surface area (Å²) in [6, 6.07) is -0.149. The summed E-state index contributed by atoms with van der Waals surface area (Å²) in [5.74, 6) is 2.44. The number of carbonyl (C=O) groups excluding carboxylic acids is 1. The molecule has 16 heavy (non-hydrogen) atoms. The quantitative estimate of drug-likeness (QED) is 0.635. The van der Waals surface area contributed by atoms with E-state index in [-0.39, 0.29) is 12.0 Å². The van der Waals surface area contributed by atoms with Crippen LogP contribution in [0.5, 0.6) is 0 Å². The predicted octanol–water partition coefficient (Wildman–Crippen LogP) is 2.31. The van der Waals surface area contributed by atoms with Gasteiger partial charge < -0.3 is 10.1 Å². The molecule has 0 aliphatic heterocycles. The van der Waals surface area contributed by atoms with Gasteiger partial charge in [0.15, 0.2) is 0 Å². The van der Waals surface area contributed by atoms with Crippen LogP contribution in [0.25, 0.3) is 0 Å². The minimum Gasteiger partial charge on any atom is -0.465 e. The summed E-state index contributed by atoms with van der Waals surface area (Å²) in [6.07, 6.45) is 1.03. The highest BCUT2D eigenvalue weighted by molar-refractivity contribution is 7.99. The number of hydrogen-bond acceptors (Lipinski definition) is 4. The summed E-state index contributed by atoms with van der Waals surface area (Å²) < 4.78 is 5.04.